The predicted molar refractivity (Wildman–Crippen MR) is 88.9 cm³/mol. The van der Waals surface area contributed by atoms with E-state index in [1.807, 2.05) is 24.3 Å². The topological polar surface area (TPSA) is 21.3 Å². The van der Waals surface area contributed by atoms with Gasteiger partial charge in [-0.1, -0.05) is 49.7 Å². The second-order valence-corrected chi connectivity index (χ2v) is 5.94. The lowest BCUT2D eigenvalue weighted by Gasteiger charge is -2.23. The van der Waals surface area contributed by atoms with Crippen molar-refractivity contribution in [2.75, 3.05) is 7.11 Å². The van der Waals surface area contributed by atoms with Gasteiger partial charge in [-0.2, -0.15) is 0 Å². The molecule has 0 radical (unpaired) electrons. The van der Waals surface area contributed by atoms with Crippen molar-refractivity contribution in [2.24, 2.45) is 5.92 Å². The highest BCUT2D eigenvalue weighted by molar-refractivity contribution is 6.30. The third-order valence-corrected chi connectivity index (χ3v) is 3.83. The van der Waals surface area contributed by atoms with E-state index in [0.29, 0.717) is 12.0 Å². The van der Waals surface area contributed by atoms with Crippen molar-refractivity contribution >= 4 is 11.6 Å². The molecule has 3 heteroatoms. The summed E-state index contributed by atoms with van der Waals surface area (Å²) in [5.41, 5.74) is 2.51. The largest absolute Gasteiger partial charge is 0.497 e. The third kappa shape index (κ3) is 4.48. The fourth-order valence-electron chi connectivity index (χ4n) is 2.38. The Hall–Kier alpha value is -1.51. The van der Waals surface area contributed by atoms with E-state index in [1.165, 1.54) is 11.1 Å². The molecule has 21 heavy (non-hydrogen) atoms. The van der Waals surface area contributed by atoms with Crippen LogP contribution in [0.3, 0.4) is 0 Å². The van der Waals surface area contributed by atoms with Crippen molar-refractivity contribution < 1.29 is 4.74 Å². The first kappa shape index (κ1) is 15.9. The molecule has 0 amide bonds. The lowest BCUT2D eigenvalue weighted by atomic mass is 9.96. The van der Waals surface area contributed by atoms with Gasteiger partial charge in [0.15, 0.2) is 0 Å². The zero-order chi connectivity index (χ0) is 15.2. The SMILES string of the molecule is COc1ccc(CNC(c2ccc(Cl)cc2)C(C)C)cc1. The number of rotatable bonds is 6. The second kappa shape index (κ2) is 7.48. The Morgan fingerprint density at radius 3 is 2.14 bits per heavy atom. The summed E-state index contributed by atoms with van der Waals surface area (Å²) in [4.78, 5) is 0. The van der Waals surface area contributed by atoms with Crippen LogP contribution in [0.1, 0.15) is 31.0 Å². The molecular weight excluding hydrogens is 282 g/mol. The quantitative estimate of drug-likeness (QED) is 0.825. The van der Waals surface area contributed by atoms with E-state index >= 15 is 0 Å². The highest BCUT2D eigenvalue weighted by atomic mass is 35.5. The van der Waals surface area contributed by atoms with Crippen LogP contribution in [0.4, 0.5) is 0 Å². The molecule has 2 rings (SSSR count). The molecule has 0 fully saturated rings. The number of halogens is 1. The van der Waals surface area contributed by atoms with Crippen molar-refractivity contribution in [1.29, 1.82) is 0 Å². The Balaban J connectivity index is 2.04. The summed E-state index contributed by atoms with van der Waals surface area (Å²) in [5, 5.41) is 4.40. The van der Waals surface area contributed by atoms with Crippen LogP contribution < -0.4 is 10.1 Å². The van der Waals surface area contributed by atoms with Crippen LogP contribution in [0.2, 0.25) is 5.02 Å². The van der Waals surface area contributed by atoms with Gasteiger partial charge in [0.05, 0.1) is 7.11 Å². The van der Waals surface area contributed by atoms with E-state index < -0.39 is 0 Å². The molecule has 0 aliphatic carbocycles. The summed E-state index contributed by atoms with van der Waals surface area (Å²) in [7, 11) is 1.68. The van der Waals surface area contributed by atoms with Crippen LogP contribution >= 0.6 is 11.6 Å². The van der Waals surface area contributed by atoms with E-state index in [9.17, 15) is 0 Å². The Labute approximate surface area is 132 Å². The van der Waals surface area contributed by atoms with Crippen molar-refractivity contribution in [2.45, 2.75) is 26.4 Å². The molecule has 0 aromatic heterocycles. The smallest absolute Gasteiger partial charge is 0.118 e. The van der Waals surface area contributed by atoms with Crippen LogP contribution in [-0.2, 0) is 6.54 Å². The average Bonchev–Trinajstić information content (AvgIpc) is 2.49. The molecule has 0 saturated carbocycles. The van der Waals surface area contributed by atoms with Gasteiger partial charge in [-0.05, 0) is 41.3 Å². The fourth-order valence-corrected chi connectivity index (χ4v) is 2.51. The van der Waals surface area contributed by atoms with Gasteiger partial charge in [0.1, 0.15) is 5.75 Å². The van der Waals surface area contributed by atoms with E-state index in [-0.39, 0.29) is 0 Å². The first-order valence-electron chi connectivity index (χ1n) is 7.22. The fraction of sp³-hybridized carbons (Fsp3) is 0.333. The molecule has 0 aliphatic rings. The first-order valence-corrected chi connectivity index (χ1v) is 7.59. The molecule has 0 aliphatic heterocycles. The monoisotopic (exact) mass is 303 g/mol. The summed E-state index contributed by atoms with van der Waals surface area (Å²) >= 11 is 5.97. The van der Waals surface area contributed by atoms with E-state index in [1.54, 1.807) is 7.11 Å². The standard InChI is InChI=1S/C18H22ClNO/c1-13(2)18(15-6-8-16(19)9-7-15)20-12-14-4-10-17(21-3)11-5-14/h4-11,13,18,20H,12H2,1-3H3. The van der Waals surface area contributed by atoms with Crippen LogP contribution in [-0.4, -0.2) is 7.11 Å². The minimum Gasteiger partial charge on any atom is -0.497 e. The molecule has 2 aromatic carbocycles. The van der Waals surface area contributed by atoms with Gasteiger partial charge in [0.2, 0.25) is 0 Å². The maximum Gasteiger partial charge on any atom is 0.118 e. The molecule has 1 atom stereocenters. The summed E-state index contributed by atoms with van der Waals surface area (Å²) in [6, 6.07) is 16.5. The molecule has 2 aromatic rings. The Morgan fingerprint density at radius 2 is 1.62 bits per heavy atom. The molecule has 0 heterocycles. The van der Waals surface area contributed by atoms with Gasteiger partial charge in [-0.3, -0.25) is 0 Å². The summed E-state index contributed by atoms with van der Waals surface area (Å²) in [6.07, 6.45) is 0. The number of methoxy groups -OCH3 is 1. The Kier molecular flexibility index (Phi) is 5.66. The van der Waals surface area contributed by atoms with Crippen molar-refractivity contribution in [3.63, 3.8) is 0 Å². The maximum absolute atomic E-state index is 5.97. The van der Waals surface area contributed by atoms with E-state index in [4.69, 9.17) is 16.3 Å². The van der Waals surface area contributed by atoms with Crippen LogP contribution in [0, 0.1) is 5.92 Å². The zero-order valence-electron chi connectivity index (χ0n) is 12.8. The minimum absolute atomic E-state index is 0.310. The minimum atomic E-state index is 0.310. The van der Waals surface area contributed by atoms with E-state index in [2.05, 4.69) is 43.4 Å². The number of nitrogens with one attached hydrogen (secondary N) is 1. The van der Waals surface area contributed by atoms with Gasteiger partial charge in [0, 0.05) is 17.6 Å². The summed E-state index contributed by atoms with van der Waals surface area (Å²) in [6.45, 7) is 5.27. The van der Waals surface area contributed by atoms with Crippen LogP contribution in [0.15, 0.2) is 48.5 Å². The van der Waals surface area contributed by atoms with Gasteiger partial charge in [0.25, 0.3) is 0 Å². The predicted octanol–water partition coefficient (Wildman–Crippen LogP) is 4.84. The van der Waals surface area contributed by atoms with Gasteiger partial charge < -0.3 is 10.1 Å². The molecule has 0 saturated heterocycles. The molecule has 2 nitrogen and oxygen atoms in total. The van der Waals surface area contributed by atoms with E-state index in [0.717, 1.165) is 17.3 Å². The van der Waals surface area contributed by atoms with Crippen molar-refractivity contribution in [1.82, 2.24) is 5.32 Å². The molecule has 112 valence electrons. The Bertz CT molecular complexity index is 548. The number of hydrogen-bond donors (Lipinski definition) is 1. The summed E-state index contributed by atoms with van der Waals surface area (Å²) < 4.78 is 5.18. The lowest BCUT2D eigenvalue weighted by molar-refractivity contribution is 0.408. The molecule has 1 unspecified atom stereocenters. The van der Waals surface area contributed by atoms with Gasteiger partial charge >= 0.3 is 0 Å². The average molecular weight is 304 g/mol. The highest BCUT2D eigenvalue weighted by Crippen LogP contribution is 2.24. The van der Waals surface area contributed by atoms with Crippen molar-refractivity contribution in [3.05, 3.63) is 64.7 Å². The first-order chi connectivity index (χ1) is 10.1. The molecule has 1 N–H and O–H groups in total. The van der Waals surface area contributed by atoms with Crippen LogP contribution in [0.25, 0.3) is 0 Å². The van der Waals surface area contributed by atoms with Crippen molar-refractivity contribution in [3.8, 4) is 5.75 Å². The van der Waals surface area contributed by atoms with Gasteiger partial charge in [-0.15, -0.1) is 0 Å². The van der Waals surface area contributed by atoms with Gasteiger partial charge in [-0.25, -0.2) is 0 Å². The summed E-state index contributed by atoms with van der Waals surface area (Å²) in [5.74, 6) is 1.39. The molecule has 0 spiro atoms. The Morgan fingerprint density at radius 1 is 1.00 bits per heavy atom. The molecular formula is C18H22ClNO. The zero-order valence-corrected chi connectivity index (χ0v) is 13.5. The lowest BCUT2D eigenvalue weighted by Crippen LogP contribution is -2.25. The normalized spacial score (nSPS) is 12.4. The third-order valence-electron chi connectivity index (χ3n) is 3.58. The highest BCUT2D eigenvalue weighted by Gasteiger charge is 2.15. The molecule has 0 bridgehead atoms. The maximum atomic E-state index is 5.97. The number of ether oxygens (including phenoxy) is 1. The number of benzene rings is 2. The van der Waals surface area contributed by atoms with Crippen LogP contribution in [0.5, 0.6) is 5.75 Å². The second-order valence-electron chi connectivity index (χ2n) is 5.50. The number of hydrogen-bond acceptors (Lipinski definition) is 2.